The highest BCUT2D eigenvalue weighted by atomic mass is 32.1. The Morgan fingerprint density at radius 3 is 3.12 bits per heavy atom. The number of rotatable bonds is 2. The maximum Gasteiger partial charge on any atom is 0.171 e. The van der Waals surface area contributed by atoms with E-state index in [-0.39, 0.29) is 6.17 Å². The van der Waals surface area contributed by atoms with Crippen LogP contribution in [0, 0.1) is 0 Å². The molecule has 0 aliphatic carbocycles. The fraction of sp³-hybridized carbons (Fsp3) is 0.0909. The van der Waals surface area contributed by atoms with Gasteiger partial charge in [-0.25, -0.2) is 0 Å². The van der Waals surface area contributed by atoms with E-state index in [1.807, 2.05) is 23.7 Å². The predicted octanol–water partition coefficient (Wildman–Crippen LogP) is 2.84. The van der Waals surface area contributed by atoms with Gasteiger partial charge in [-0.1, -0.05) is 5.16 Å². The number of aliphatic imine (C=N–C) groups is 1. The van der Waals surface area contributed by atoms with Gasteiger partial charge in [-0.15, -0.1) is 0 Å². The van der Waals surface area contributed by atoms with Gasteiger partial charge in [0.15, 0.2) is 6.17 Å². The molecule has 0 aromatic carbocycles. The molecule has 0 spiro atoms. The lowest BCUT2D eigenvalue weighted by atomic mass is 10.2. The number of anilines is 1. The van der Waals surface area contributed by atoms with Crippen LogP contribution in [-0.2, 0) is 0 Å². The Labute approximate surface area is 96.5 Å². The summed E-state index contributed by atoms with van der Waals surface area (Å²) in [5, 5.41) is 8.06. The highest BCUT2D eigenvalue weighted by Crippen LogP contribution is 2.30. The molecular weight excluding hydrogens is 222 g/mol. The summed E-state index contributed by atoms with van der Waals surface area (Å²) < 4.78 is 4.86. The summed E-state index contributed by atoms with van der Waals surface area (Å²) in [7, 11) is 0. The van der Waals surface area contributed by atoms with Gasteiger partial charge in [0, 0.05) is 23.9 Å². The molecule has 1 unspecified atom stereocenters. The van der Waals surface area contributed by atoms with Crippen molar-refractivity contribution in [1.29, 1.82) is 0 Å². The third kappa shape index (κ3) is 1.55. The van der Waals surface area contributed by atoms with Gasteiger partial charge >= 0.3 is 0 Å². The Morgan fingerprint density at radius 2 is 2.38 bits per heavy atom. The molecule has 4 nitrogen and oxygen atoms in total. The molecule has 1 atom stereocenters. The molecule has 0 fully saturated rings. The summed E-state index contributed by atoms with van der Waals surface area (Å²) in [6.07, 6.45) is 7.12. The lowest BCUT2D eigenvalue weighted by Gasteiger charge is -2.26. The molecule has 0 N–H and O–H groups in total. The molecule has 16 heavy (non-hydrogen) atoms. The van der Waals surface area contributed by atoms with Crippen LogP contribution in [0.15, 0.2) is 50.9 Å². The maximum absolute atomic E-state index is 4.86. The molecule has 3 heterocycles. The fourth-order valence-electron chi connectivity index (χ4n) is 1.62. The zero-order valence-electron chi connectivity index (χ0n) is 8.35. The van der Waals surface area contributed by atoms with E-state index < -0.39 is 0 Å². The highest BCUT2D eigenvalue weighted by Gasteiger charge is 2.22. The van der Waals surface area contributed by atoms with E-state index in [0.717, 1.165) is 11.4 Å². The molecule has 5 heteroatoms. The molecule has 1 aliphatic heterocycles. The second-order valence-electron chi connectivity index (χ2n) is 3.33. The number of aromatic nitrogens is 1. The van der Waals surface area contributed by atoms with E-state index in [2.05, 4.69) is 26.5 Å². The summed E-state index contributed by atoms with van der Waals surface area (Å²) in [6.45, 7) is 0. The van der Waals surface area contributed by atoms with Gasteiger partial charge in [0.2, 0.25) is 0 Å². The lowest BCUT2D eigenvalue weighted by Crippen LogP contribution is -2.23. The first-order valence-electron chi connectivity index (χ1n) is 4.86. The normalized spacial score (nSPS) is 19.2. The smallest absolute Gasteiger partial charge is 0.171 e. The first-order valence-corrected chi connectivity index (χ1v) is 5.80. The Bertz CT molecular complexity index is 453. The summed E-state index contributed by atoms with van der Waals surface area (Å²) >= 11 is 1.66. The van der Waals surface area contributed by atoms with E-state index in [9.17, 15) is 0 Å². The standard InChI is InChI=1S/C11H9N3OS/c1-4-12-11(10-2-6-15-13-10)14(5-1)9-3-7-16-8-9/h1-8,11H. The van der Waals surface area contributed by atoms with Crippen LogP contribution >= 0.6 is 11.3 Å². The van der Waals surface area contributed by atoms with Gasteiger partial charge in [0.05, 0.1) is 5.69 Å². The van der Waals surface area contributed by atoms with Crippen LogP contribution < -0.4 is 4.90 Å². The summed E-state index contributed by atoms with van der Waals surface area (Å²) in [6, 6.07) is 3.89. The van der Waals surface area contributed by atoms with Crippen LogP contribution in [-0.4, -0.2) is 11.4 Å². The van der Waals surface area contributed by atoms with Crippen LogP contribution in [0.2, 0.25) is 0 Å². The molecular formula is C11H9N3OS. The predicted molar refractivity (Wildman–Crippen MR) is 63.7 cm³/mol. The van der Waals surface area contributed by atoms with E-state index in [0.29, 0.717) is 0 Å². The number of hydrogen-bond acceptors (Lipinski definition) is 5. The van der Waals surface area contributed by atoms with Crippen molar-refractivity contribution in [2.24, 2.45) is 4.99 Å². The Hall–Kier alpha value is -1.88. The van der Waals surface area contributed by atoms with Crippen LogP contribution in [0.4, 0.5) is 5.69 Å². The third-order valence-electron chi connectivity index (χ3n) is 2.35. The van der Waals surface area contributed by atoms with Gasteiger partial charge in [0.25, 0.3) is 0 Å². The van der Waals surface area contributed by atoms with E-state index in [1.54, 1.807) is 23.8 Å². The molecule has 2 aromatic rings. The van der Waals surface area contributed by atoms with Gasteiger partial charge in [0.1, 0.15) is 12.0 Å². The number of thiophene rings is 1. The zero-order valence-corrected chi connectivity index (χ0v) is 9.17. The first-order chi connectivity index (χ1) is 7.95. The first kappa shape index (κ1) is 9.35. The summed E-state index contributed by atoms with van der Waals surface area (Å²) in [4.78, 5) is 6.47. The summed E-state index contributed by atoms with van der Waals surface area (Å²) in [5.74, 6) is 0. The van der Waals surface area contributed by atoms with Crippen molar-refractivity contribution < 1.29 is 4.52 Å². The molecule has 0 radical (unpaired) electrons. The minimum Gasteiger partial charge on any atom is -0.364 e. The van der Waals surface area contributed by atoms with Crippen molar-refractivity contribution >= 4 is 23.2 Å². The van der Waals surface area contributed by atoms with Gasteiger partial charge < -0.3 is 9.42 Å². The van der Waals surface area contributed by atoms with Crippen LogP contribution in [0.3, 0.4) is 0 Å². The minimum atomic E-state index is -0.127. The fourth-order valence-corrected chi connectivity index (χ4v) is 2.26. The molecule has 0 amide bonds. The zero-order chi connectivity index (χ0) is 10.8. The molecule has 0 saturated heterocycles. The number of allylic oxidation sites excluding steroid dienone is 1. The average molecular weight is 231 g/mol. The van der Waals surface area contributed by atoms with Crippen molar-refractivity contribution in [2.45, 2.75) is 6.17 Å². The molecule has 0 saturated carbocycles. The average Bonchev–Trinajstić information content (AvgIpc) is 3.03. The van der Waals surface area contributed by atoms with Crippen molar-refractivity contribution in [1.82, 2.24) is 5.16 Å². The van der Waals surface area contributed by atoms with Crippen molar-refractivity contribution in [3.63, 3.8) is 0 Å². The minimum absolute atomic E-state index is 0.127. The Morgan fingerprint density at radius 1 is 1.38 bits per heavy atom. The van der Waals surface area contributed by atoms with Gasteiger partial charge in [-0.05, 0) is 17.5 Å². The van der Waals surface area contributed by atoms with Crippen molar-refractivity contribution in [3.8, 4) is 0 Å². The van der Waals surface area contributed by atoms with E-state index in [1.165, 1.54) is 0 Å². The molecule has 0 bridgehead atoms. The van der Waals surface area contributed by atoms with Gasteiger partial charge in [-0.3, -0.25) is 4.99 Å². The second-order valence-corrected chi connectivity index (χ2v) is 4.11. The maximum atomic E-state index is 4.86. The van der Waals surface area contributed by atoms with Crippen molar-refractivity contribution in [3.05, 3.63) is 47.1 Å². The topological polar surface area (TPSA) is 41.6 Å². The third-order valence-corrected chi connectivity index (χ3v) is 3.02. The quantitative estimate of drug-likeness (QED) is 0.798. The number of nitrogens with zero attached hydrogens (tertiary/aromatic N) is 3. The molecule has 3 rings (SSSR count). The van der Waals surface area contributed by atoms with Crippen LogP contribution in [0.25, 0.3) is 0 Å². The van der Waals surface area contributed by atoms with Gasteiger partial charge in [-0.2, -0.15) is 11.3 Å². The lowest BCUT2D eigenvalue weighted by molar-refractivity contribution is 0.405. The monoisotopic (exact) mass is 231 g/mol. The second kappa shape index (κ2) is 3.94. The number of hydrogen-bond donors (Lipinski definition) is 0. The van der Waals surface area contributed by atoms with E-state index in [4.69, 9.17) is 4.52 Å². The summed E-state index contributed by atoms with van der Waals surface area (Å²) in [5.41, 5.74) is 1.93. The molecule has 1 aliphatic rings. The largest absolute Gasteiger partial charge is 0.364 e. The van der Waals surface area contributed by atoms with Crippen molar-refractivity contribution in [2.75, 3.05) is 4.90 Å². The SMILES string of the molecule is C1=CN(c2ccsc2)C(c2ccon2)N=C1. The molecule has 2 aromatic heterocycles. The van der Waals surface area contributed by atoms with E-state index >= 15 is 0 Å². The Kier molecular flexibility index (Phi) is 2.30. The highest BCUT2D eigenvalue weighted by molar-refractivity contribution is 7.08. The van der Waals surface area contributed by atoms with Crippen LogP contribution in [0.5, 0.6) is 0 Å². The molecule has 80 valence electrons. The Balaban J connectivity index is 1.97. The van der Waals surface area contributed by atoms with Crippen LogP contribution in [0.1, 0.15) is 11.9 Å².